The zero-order valence-corrected chi connectivity index (χ0v) is 11.0. The first kappa shape index (κ1) is 12.2. The van der Waals surface area contributed by atoms with Gasteiger partial charge in [-0.15, -0.1) is 0 Å². The minimum Gasteiger partial charge on any atom is -0.300 e. The third kappa shape index (κ3) is 2.76. The molecule has 2 aromatic carbocycles. The number of hydrogen-bond acceptors (Lipinski definition) is 1. The summed E-state index contributed by atoms with van der Waals surface area (Å²) < 4.78 is 0. The van der Waals surface area contributed by atoms with E-state index in [9.17, 15) is 4.79 Å². The molecular weight excluding hydrogens is 232 g/mol. The minimum absolute atomic E-state index is 0.382. The molecule has 1 nitrogen and oxygen atoms in total. The van der Waals surface area contributed by atoms with Crippen molar-refractivity contribution in [3.63, 3.8) is 0 Å². The third-order valence-corrected chi connectivity index (χ3v) is 4.06. The first-order valence-corrected chi connectivity index (χ1v) is 6.94. The second kappa shape index (κ2) is 5.40. The Morgan fingerprint density at radius 3 is 1.53 bits per heavy atom. The van der Waals surface area contributed by atoms with Crippen LogP contribution in [-0.4, -0.2) is 5.78 Å². The Kier molecular flexibility index (Phi) is 3.45. The Bertz CT molecular complexity index is 495. The molecule has 3 rings (SSSR count). The first-order valence-electron chi connectivity index (χ1n) is 6.94. The number of carbonyl (C=O) groups is 1. The number of ketones is 1. The second-order valence-corrected chi connectivity index (χ2v) is 5.40. The van der Waals surface area contributed by atoms with Crippen LogP contribution in [-0.2, 0) is 4.79 Å². The maximum absolute atomic E-state index is 12.0. The summed E-state index contributed by atoms with van der Waals surface area (Å²) in [4.78, 5) is 12.0. The smallest absolute Gasteiger partial charge is 0.134 e. The predicted molar refractivity (Wildman–Crippen MR) is 77.2 cm³/mol. The Labute approximate surface area is 114 Å². The van der Waals surface area contributed by atoms with Crippen LogP contribution in [0.3, 0.4) is 0 Å². The first-order chi connectivity index (χ1) is 9.33. The molecule has 0 heterocycles. The van der Waals surface area contributed by atoms with E-state index in [0.717, 1.165) is 6.42 Å². The second-order valence-electron chi connectivity index (χ2n) is 5.40. The van der Waals surface area contributed by atoms with Crippen molar-refractivity contribution in [1.29, 1.82) is 0 Å². The van der Waals surface area contributed by atoms with Gasteiger partial charge in [-0.2, -0.15) is 0 Å². The topological polar surface area (TPSA) is 17.1 Å². The van der Waals surface area contributed by atoms with Crippen molar-refractivity contribution in [3.8, 4) is 0 Å². The zero-order chi connectivity index (χ0) is 13.1. The summed E-state index contributed by atoms with van der Waals surface area (Å²) in [6.07, 6.45) is 2.49. The Balaban J connectivity index is 1.84. The molecule has 2 atom stereocenters. The molecule has 1 aliphatic rings. The van der Waals surface area contributed by atoms with Crippen LogP contribution in [0.5, 0.6) is 0 Å². The standard InChI is InChI=1S/C18H18O/c19-18-12-16(14-7-3-1-4-8-14)11-17(13-18)15-9-5-2-6-10-15/h1-10,16-17H,11-13H2/t16-,17-/m0/s1. The Hall–Kier alpha value is -1.89. The van der Waals surface area contributed by atoms with Crippen molar-refractivity contribution >= 4 is 5.78 Å². The molecule has 0 amide bonds. The van der Waals surface area contributed by atoms with Crippen molar-refractivity contribution in [2.45, 2.75) is 31.1 Å². The van der Waals surface area contributed by atoms with Crippen molar-refractivity contribution in [3.05, 3.63) is 71.8 Å². The van der Waals surface area contributed by atoms with E-state index in [4.69, 9.17) is 0 Å². The molecule has 19 heavy (non-hydrogen) atoms. The highest BCUT2D eigenvalue weighted by Crippen LogP contribution is 2.39. The third-order valence-electron chi connectivity index (χ3n) is 4.06. The van der Waals surface area contributed by atoms with Crippen LogP contribution >= 0.6 is 0 Å². The SMILES string of the molecule is O=C1C[C@@H](c2ccccc2)C[C@H](c2ccccc2)C1. The Morgan fingerprint density at radius 1 is 0.684 bits per heavy atom. The van der Waals surface area contributed by atoms with Crippen LogP contribution in [0.15, 0.2) is 60.7 Å². The van der Waals surface area contributed by atoms with E-state index in [2.05, 4.69) is 48.5 Å². The number of benzene rings is 2. The van der Waals surface area contributed by atoms with E-state index in [-0.39, 0.29) is 0 Å². The van der Waals surface area contributed by atoms with Gasteiger partial charge in [0.15, 0.2) is 0 Å². The number of Topliss-reactive ketones (excluding diaryl/α,β-unsaturated/α-hetero) is 1. The van der Waals surface area contributed by atoms with Gasteiger partial charge in [0.25, 0.3) is 0 Å². The lowest BCUT2D eigenvalue weighted by Gasteiger charge is -2.29. The molecule has 1 saturated carbocycles. The van der Waals surface area contributed by atoms with Gasteiger partial charge in [0.1, 0.15) is 5.78 Å². The zero-order valence-electron chi connectivity index (χ0n) is 11.0. The van der Waals surface area contributed by atoms with E-state index in [0.29, 0.717) is 30.5 Å². The molecule has 2 aromatic rings. The van der Waals surface area contributed by atoms with E-state index < -0.39 is 0 Å². The molecule has 0 N–H and O–H groups in total. The fourth-order valence-corrected chi connectivity index (χ4v) is 3.10. The van der Waals surface area contributed by atoms with Crippen LogP contribution in [0.2, 0.25) is 0 Å². The number of rotatable bonds is 2. The van der Waals surface area contributed by atoms with Gasteiger partial charge < -0.3 is 0 Å². The summed E-state index contributed by atoms with van der Waals surface area (Å²) in [6, 6.07) is 20.9. The van der Waals surface area contributed by atoms with Crippen LogP contribution < -0.4 is 0 Å². The quantitative estimate of drug-likeness (QED) is 0.776. The van der Waals surface area contributed by atoms with Gasteiger partial charge in [-0.05, 0) is 29.4 Å². The molecule has 0 aliphatic heterocycles. The summed E-state index contributed by atoms with van der Waals surface area (Å²) in [5.41, 5.74) is 2.60. The highest BCUT2D eigenvalue weighted by molar-refractivity contribution is 5.81. The molecule has 0 aromatic heterocycles. The van der Waals surface area contributed by atoms with Crippen LogP contribution in [0, 0.1) is 0 Å². The van der Waals surface area contributed by atoms with Gasteiger partial charge in [0, 0.05) is 12.8 Å². The predicted octanol–water partition coefficient (Wildman–Crippen LogP) is 4.31. The molecule has 0 radical (unpaired) electrons. The van der Waals surface area contributed by atoms with E-state index in [1.54, 1.807) is 0 Å². The van der Waals surface area contributed by atoms with Crippen LogP contribution in [0.1, 0.15) is 42.2 Å². The van der Waals surface area contributed by atoms with Gasteiger partial charge in [-0.25, -0.2) is 0 Å². The van der Waals surface area contributed by atoms with Gasteiger partial charge in [0.2, 0.25) is 0 Å². The lowest BCUT2D eigenvalue weighted by atomic mass is 9.75. The largest absolute Gasteiger partial charge is 0.300 e. The van der Waals surface area contributed by atoms with Gasteiger partial charge >= 0.3 is 0 Å². The molecule has 0 saturated heterocycles. The molecule has 1 aliphatic carbocycles. The molecule has 0 bridgehead atoms. The molecule has 96 valence electrons. The van der Waals surface area contributed by atoms with Gasteiger partial charge in [-0.1, -0.05) is 60.7 Å². The average molecular weight is 250 g/mol. The van der Waals surface area contributed by atoms with Crippen molar-refractivity contribution < 1.29 is 4.79 Å². The highest BCUT2D eigenvalue weighted by Gasteiger charge is 2.28. The number of carbonyl (C=O) groups excluding carboxylic acids is 1. The summed E-state index contributed by atoms with van der Waals surface area (Å²) >= 11 is 0. The average Bonchev–Trinajstić information content (AvgIpc) is 2.48. The van der Waals surface area contributed by atoms with E-state index >= 15 is 0 Å². The fourth-order valence-electron chi connectivity index (χ4n) is 3.10. The maximum atomic E-state index is 12.0. The summed E-state index contributed by atoms with van der Waals surface area (Å²) in [5, 5.41) is 0. The molecular formula is C18H18O. The highest BCUT2D eigenvalue weighted by atomic mass is 16.1. The number of hydrogen-bond donors (Lipinski definition) is 0. The summed E-state index contributed by atoms with van der Waals surface area (Å²) in [7, 11) is 0. The summed E-state index contributed by atoms with van der Waals surface area (Å²) in [6.45, 7) is 0. The fraction of sp³-hybridized carbons (Fsp3) is 0.278. The maximum Gasteiger partial charge on any atom is 0.134 e. The van der Waals surface area contributed by atoms with E-state index in [1.807, 2.05) is 12.1 Å². The van der Waals surface area contributed by atoms with Gasteiger partial charge in [0.05, 0.1) is 0 Å². The molecule has 1 heteroatoms. The van der Waals surface area contributed by atoms with Crippen molar-refractivity contribution in [2.75, 3.05) is 0 Å². The van der Waals surface area contributed by atoms with Crippen LogP contribution in [0.25, 0.3) is 0 Å². The van der Waals surface area contributed by atoms with Crippen LogP contribution in [0.4, 0.5) is 0 Å². The summed E-state index contributed by atoms with van der Waals surface area (Å²) in [5.74, 6) is 1.16. The molecule has 1 fully saturated rings. The normalized spacial score (nSPS) is 23.3. The van der Waals surface area contributed by atoms with Crippen molar-refractivity contribution in [2.24, 2.45) is 0 Å². The van der Waals surface area contributed by atoms with E-state index in [1.165, 1.54) is 11.1 Å². The van der Waals surface area contributed by atoms with Crippen molar-refractivity contribution in [1.82, 2.24) is 0 Å². The Morgan fingerprint density at radius 2 is 1.11 bits per heavy atom. The van der Waals surface area contributed by atoms with Gasteiger partial charge in [-0.3, -0.25) is 4.79 Å². The molecule has 0 spiro atoms. The monoisotopic (exact) mass is 250 g/mol. The minimum atomic E-state index is 0.382. The lowest BCUT2D eigenvalue weighted by molar-refractivity contribution is -0.121. The molecule has 0 unspecified atom stereocenters. The lowest BCUT2D eigenvalue weighted by Crippen LogP contribution is -2.20.